The molecule has 0 radical (unpaired) electrons. The van der Waals surface area contributed by atoms with Crippen LogP contribution in [0, 0.1) is 5.92 Å². The third kappa shape index (κ3) is 2.65. The summed E-state index contributed by atoms with van der Waals surface area (Å²) in [5.74, 6) is 0.983. The molecule has 1 N–H and O–H groups in total. The molecule has 0 aliphatic heterocycles. The van der Waals surface area contributed by atoms with E-state index in [-0.39, 0.29) is 0 Å². The molecule has 1 heterocycles. The SMILES string of the molecule is OC(c1cc2cccc(Cl)c2o1)C1CCCCCC1. The maximum atomic E-state index is 10.5. The van der Waals surface area contributed by atoms with E-state index in [0.29, 0.717) is 22.3 Å². The van der Waals surface area contributed by atoms with Gasteiger partial charge in [-0.1, -0.05) is 49.4 Å². The molecule has 1 aromatic heterocycles. The highest BCUT2D eigenvalue weighted by molar-refractivity contribution is 6.34. The number of hydrogen-bond donors (Lipinski definition) is 1. The maximum absolute atomic E-state index is 10.5. The van der Waals surface area contributed by atoms with Crippen molar-refractivity contribution in [3.05, 3.63) is 35.0 Å². The number of hydrogen-bond acceptors (Lipinski definition) is 2. The number of rotatable bonds is 2. The first-order chi connectivity index (χ1) is 9.25. The lowest BCUT2D eigenvalue weighted by Gasteiger charge is -2.19. The van der Waals surface area contributed by atoms with Gasteiger partial charge >= 0.3 is 0 Å². The average Bonchev–Trinajstić information content (AvgIpc) is 2.67. The van der Waals surface area contributed by atoms with Crippen molar-refractivity contribution in [2.45, 2.75) is 44.6 Å². The van der Waals surface area contributed by atoms with E-state index >= 15 is 0 Å². The summed E-state index contributed by atoms with van der Waals surface area (Å²) in [6.45, 7) is 0. The highest BCUT2D eigenvalue weighted by Crippen LogP contribution is 2.37. The number of halogens is 1. The molecule has 1 aliphatic carbocycles. The van der Waals surface area contributed by atoms with E-state index in [0.717, 1.165) is 18.2 Å². The lowest BCUT2D eigenvalue weighted by atomic mass is 9.92. The summed E-state index contributed by atoms with van der Waals surface area (Å²) in [4.78, 5) is 0. The second-order valence-electron chi connectivity index (χ2n) is 5.50. The van der Waals surface area contributed by atoms with Gasteiger partial charge in [0.2, 0.25) is 0 Å². The van der Waals surface area contributed by atoms with Gasteiger partial charge in [0, 0.05) is 5.39 Å². The second kappa shape index (κ2) is 5.56. The van der Waals surface area contributed by atoms with Gasteiger partial charge in [0.15, 0.2) is 5.58 Å². The molecule has 1 aliphatic rings. The summed E-state index contributed by atoms with van der Waals surface area (Å²) in [7, 11) is 0. The number of aliphatic hydroxyl groups is 1. The predicted molar refractivity (Wildman–Crippen MR) is 77.4 cm³/mol. The van der Waals surface area contributed by atoms with Crippen molar-refractivity contribution in [3.63, 3.8) is 0 Å². The van der Waals surface area contributed by atoms with Gasteiger partial charge in [-0.2, -0.15) is 0 Å². The summed E-state index contributed by atoms with van der Waals surface area (Å²) < 4.78 is 5.77. The van der Waals surface area contributed by atoms with E-state index in [1.54, 1.807) is 0 Å². The highest BCUT2D eigenvalue weighted by Gasteiger charge is 2.25. The first kappa shape index (κ1) is 13.0. The third-order valence-electron chi connectivity index (χ3n) is 4.15. The first-order valence-electron chi connectivity index (χ1n) is 7.12. The Morgan fingerprint density at radius 2 is 1.89 bits per heavy atom. The van der Waals surface area contributed by atoms with E-state index < -0.39 is 6.10 Å². The fourth-order valence-electron chi connectivity index (χ4n) is 3.05. The molecule has 1 aromatic carbocycles. The van der Waals surface area contributed by atoms with Crippen molar-refractivity contribution in [2.24, 2.45) is 5.92 Å². The van der Waals surface area contributed by atoms with Crippen LogP contribution in [0.1, 0.15) is 50.4 Å². The summed E-state index contributed by atoms with van der Waals surface area (Å²) in [6.07, 6.45) is 6.68. The predicted octanol–water partition coefficient (Wildman–Crippen LogP) is 5.09. The van der Waals surface area contributed by atoms with Crippen LogP contribution >= 0.6 is 11.6 Å². The van der Waals surface area contributed by atoms with Crippen LogP contribution < -0.4 is 0 Å². The number of benzene rings is 1. The number of aliphatic hydroxyl groups excluding tert-OH is 1. The van der Waals surface area contributed by atoms with Gasteiger partial charge in [0.25, 0.3) is 0 Å². The zero-order valence-electron chi connectivity index (χ0n) is 10.9. The molecule has 1 fully saturated rings. The molecule has 19 heavy (non-hydrogen) atoms. The van der Waals surface area contributed by atoms with Gasteiger partial charge in [-0.3, -0.25) is 0 Å². The largest absolute Gasteiger partial charge is 0.457 e. The van der Waals surface area contributed by atoms with Gasteiger partial charge in [0.05, 0.1) is 5.02 Å². The van der Waals surface area contributed by atoms with Crippen molar-refractivity contribution in [1.82, 2.24) is 0 Å². The smallest absolute Gasteiger partial charge is 0.152 e. The Morgan fingerprint density at radius 3 is 2.58 bits per heavy atom. The van der Waals surface area contributed by atoms with Crippen LogP contribution in [0.15, 0.2) is 28.7 Å². The molecule has 102 valence electrons. The Morgan fingerprint density at radius 1 is 1.16 bits per heavy atom. The van der Waals surface area contributed by atoms with Gasteiger partial charge < -0.3 is 9.52 Å². The van der Waals surface area contributed by atoms with Crippen molar-refractivity contribution >= 4 is 22.6 Å². The van der Waals surface area contributed by atoms with Crippen LogP contribution in [-0.2, 0) is 0 Å². The fraction of sp³-hybridized carbons (Fsp3) is 0.500. The molecule has 1 unspecified atom stereocenters. The second-order valence-corrected chi connectivity index (χ2v) is 5.91. The fourth-order valence-corrected chi connectivity index (χ4v) is 3.27. The van der Waals surface area contributed by atoms with Crippen molar-refractivity contribution < 1.29 is 9.52 Å². The Bertz CT molecular complexity index is 553. The topological polar surface area (TPSA) is 33.4 Å². The normalized spacial score (nSPS) is 19.5. The average molecular weight is 279 g/mol. The lowest BCUT2D eigenvalue weighted by molar-refractivity contribution is 0.0791. The van der Waals surface area contributed by atoms with Crippen LogP contribution in [0.4, 0.5) is 0 Å². The van der Waals surface area contributed by atoms with Gasteiger partial charge in [-0.05, 0) is 30.9 Å². The Balaban J connectivity index is 1.88. The molecule has 0 bridgehead atoms. The molecular weight excluding hydrogens is 260 g/mol. The standard InChI is InChI=1S/C16H19ClO2/c17-13-9-5-8-12-10-14(19-16(12)13)15(18)11-6-3-1-2-4-7-11/h5,8-11,15,18H,1-4,6-7H2. The Hall–Kier alpha value is -0.990. The minimum absolute atomic E-state index is 0.321. The zero-order valence-corrected chi connectivity index (χ0v) is 11.7. The lowest BCUT2D eigenvalue weighted by Crippen LogP contribution is -2.11. The monoisotopic (exact) mass is 278 g/mol. The molecule has 1 atom stereocenters. The summed E-state index contributed by atoms with van der Waals surface area (Å²) >= 11 is 6.11. The molecule has 2 nitrogen and oxygen atoms in total. The van der Waals surface area contributed by atoms with E-state index in [1.165, 1.54) is 25.7 Å². The molecule has 3 heteroatoms. The Labute approximate surface area is 118 Å². The van der Waals surface area contributed by atoms with Gasteiger partial charge in [0.1, 0.15) is 11.9 Å². The molecule has 2 aromatic rings. The van der Waals surface area contributed by atoms with E-state index in [4.69, 9.17) is 16.0 Å². The van der Waals surface area contributed by atoms with Crippen LogP contribution in [-0.4, -0.2) is 5.11 Å². The summed E-state index contributed by atoms with van der Waals surface area (Å²) in [5, 5.41) is 12.1. The molecular formula is C16H19ClO2. The van der Waals surface area contributed by atoms with Crippen LogP contribution in [0.2, 0.25) is 5.02 Å². The van der Waals surface area contributed by atoms with Gasteiger partial charge in [-0.25, -0.2) is 0 Å². The number of para-hydroxylation sites is 1. The van der Waals surface area contributed by atoms with E-state index in [1.807, 2.05) is 24.3 Å². The van der Waals surface area contributed by atoms with Crippen molar-refractivity contribution in [1.29, 1.82) is 0 Å². The maximum Gasteiger partial charge on any atom is 0.152 e. The molecule has 1 saturated carbocycles. The van der Waals surface area contributed by atoms with Gasteiger partial charge in [-0.15, -0.1) is 0 Å². The number of furan rings is 1. The van der Waals surface area contributed by atoms with Crippen LogP contribution in [0.5, 0.6) is 0 Å². The third-order valence-corrected chi connectivity index (χ3v) is 4.45. The minimum Gasteiger partial charge on any atom is -0.457 e. The quantitative estimate of drug-likeness (QED) is 0.776. The summed E-state index contributed by atoms with van der Waals surface area (Å²) in [5.41, 5.74) is 0.687. The number of fused-ring (bicyclic) bond motifs is 1. The van der Waals surface area contributed by atoms with Crippen molar-refractivity contribution in [2.75, 3.05) is 0 Å². The van der Waals surface area contributed by atoms with E-state index in [2.05, 4.69) is 0 Å². The minimum atomic E-state index is -0.499. The Kier molecular flexibility index (Phi) is 3.81. The van der Waals surface area contributed by atoms with E-state index in [9.17, 15) is 5.11 Å². The zero-order chi connectivity index (χ0) is 13.2. The highest BCUT2D eigenvalue weighted by atomic mass is 35.5. The summed E-state index contributed by atoms with van der Waals surface area (Å²) in [6, 6.07) is 7.61. The molecule has 3 rings (SSSR count). The molecule has 0 amide bonds. The van der Waals surface area contributed by atoms with Crippen LogP contribution in [0.3, 0.4) is 0 Å². The molecule has 0 saturated heterocycles. The van der Waals surface area contributed by atoms with Crippen molar-refractivity contribution in [3.8, 4) is 0 Å². The molecule has 0 spiro atoms. The van der Waals surface area contributed by atoms with Crippen LogP contribution in [0.25, 0.3) is 11.0 Å². The first-order valence-corrected chi connectivity index (χ1v) is 7.49.